The molecule has 0 fully saturated rings. The molecular formula is C24H23N5O4. The summed E-state index contributed by atoms with van der Waals surface area (Å²) in [4.78, 5) is 36.2. The Morgan fingerprint density at radius 3 is 2.70 bits per heavy atom. The van der Waals surface area contributed by atoms with Crippen molar-refractivity contribution >= 4 is 38.7 Å². The first kappa shape index (κ1) is 20.6. The topological polar surface area (TPSA) is 114 Å². The van der Waals surface area contributed by atoms with E-state index in [-0.39, 0.29) is 18.0 Å². The van der Waals surface area contributed by atoms with E-state index in [1.54, 1.807) is 26.4 Å². The Kier molecular flexibility index (Phi) is 5.21. The van der Waals surface area contributed by atoms with Crippen LogP contribution in [0.2, 0.25) is 0 Å². The van der Waals surface area contributed by atoms with Crippen LogP contribution in [0.15, 0.2) is 53.7 Å². The number of methoxy groups -OCH3 is 2. The lowest BCUT2D eigenvalue weighted by Crippen LogP contribution is -2.33. The zero-order valence-electron chi connectivity index (χ0n) is 18.3. The predicted molar refractivity (Wildman–Crippen MR) is 126 cm³/mol. The van der Waals surface area contributed by atoms with Crippen molar-refractivity contribution in [2.75, 3.05) is 20.8 Å². The molecule has 0 saturated heterocycles. The molecule has 5 aromatic rings. The molecule has 0 saturated carbocycles. The van der Waals surface area contributed by atoms with E-state index < -0.39 is 0 Å². The van der Waals surface area contributed by atoms with E-state index >= 15 is 0 Å². The first-order chi connectivity index (χ1) is 16.1. The van der Waals surface area contributed by atoms with Crippen molar-refractivity contribution in [3.63, 3.8) is 0 Å². The van der Waals surface area contributed by atoms with E-state index in [9.17, 15) is 9.59 Å². The van der Waals surface area contributed by atoms with Crippen LogP contribution in [-0.4, -0.2) is 46.2 Å². The Morgan fingerprint density at radius 1 is 1.09 bits per heavy atom. The normalized spacial score (nSPS) is 11.3. The molecule has 168 valence electrons. The summed E-state index contributed by atoms with van der Waals surface area (Å²) in [5.74, 6) is 0.843. The molecular weight excluding hydrogens is 422 g/mol. The zero-order chi connectivity index (χ0) is 22.9. The van der Waals surface area contributed by atoms with Gasteiger partial charge in [-0.25, -0.2) is 4.98 Å². The number of amides is 1. The zero-order valence-corrected chi connectivity index (χ0v) is 18.3. The number of rotatable bonds is 7. The maximum Gasteiger partial charge on any atom is 0.278 e. The largest absolute Gasteiger partial charge is 0.493 e. The molecule has 0 radical (unpaired) electrons. The smallest absolute Gasteiger partial charge is 0.278 e. The Balaban J connectivity index is 1.33. The highest BCUT2D eigenvalue weighted by Crippen LogP contribution is 2.34. The van der Waals surface area contributed by atoms with Gasteiger partial charge in [-0.15, -0.1) is 0 Å². The molecule has 0 aliphatic rings. The van der Waals surface area contributed by atoms with Gasteiger partial charge in [0.15, 0.2) is 11.5 Å². The Morgan fingerprint density at radius 2 is 1.88 bits per heavy atom. The number of hydrogen-bond donors (Lipinski definition) is 3. The summed E-state index contributed by atoms with van der Waals surface area (Å²) < 4.78 is 12.0. The van der Waals surface area contributed by atoms with Gasteiger partial charge in [-0.3, -0.25) is 14.2 Å². The van der Waals surface area contributed by atoms with E-state index in [1.807, 2.05) is 24.4 Å². The number of H-pyrrole nitrogens is 2. The van der Waals surface area contributed by atoms with Crippen molar-refractivity contribution in [2.24, 2.45) is 0 Å². The molecule has 0 aliphatic heterocycles. The maximum atomic E-state index is 13.0. The average Bonchev–Trinajstić information content (AvgIpc) is 3.41. The second-order valence-electron chi connectivity index (χ2n) is 7.74. The highest BCUT2D eigenvalue weighted by atomic mass is 16.5. The van der Waals surface area contributed by atoms with E-state index in [2.05, 4.69) is 26.3 Å². The molecule has 3 N–H and O–H groups in total. The number of benzene rings is 2. The second-order valence-corrected chi connectivity index (χ2v) is 7.74. The molecule has 0 atom stereocenters. The molecule has 9 nitrogen and oxygen atoms in total. The van der Waals surface area contributed by atoms with Crippen LogP contribution in [0, 0.1) is 0 Å². The van der Waals surface area contributed by atoms with Gasteiger partial charge in [-0.1, -0.05) is 18.2 Å². The number of nitrogens with one attached hydrogen (secondary N) is 3. The maximum absolute atomic E-state index is 13.0. The van der Waals surface area contributed by atoms with Crippen molar-refractivity contribution in [3.8, 4) is 11.5 Å². The number of carbonyl (C=O) groups excluding carboxylic acids is 1. The predicted octanol–water partition coefficient (Wildman–Crippen LogP) is 2.74. The first-order valence-electron chi connectivity index (χ1n) is 10.5. The molecule has 0 spiro atoms. The van der Waals surface area contributed by atoms with Crippen LogP contribution in [0.4, 0.5) is 0 Å². The summed E-state index contributed by atoms with van der Waals surface area (Å²) in [5, 5.41) is 4.77. The van der Waals surface area contributed by atoms with E-state index in [0.717, 1.165) is 21.9 Å². The minimum Gasteiger partial charge on any atom is -0.493 e. The number of nitrogens with zero attached hydrogens (tertiary/aromatic N) is 2. The summed E-state index contributed by atoms with van der Waals surface area (Å²) in [6, 6.07) is 11.6. The third kappa shape index (κ3) is 3.67. The number of hydrogen-bond acceptors (Lipinski definition) is 5. The van der Waals surface area contributed by atoms with Gasteiger partial charge in [0.1, 0.15) is 17.6 Å². The Labute approximate surface area is 188 Å². The SMILES string of the molecule is COc1cc2[nH]c3c(=O)n(CC(=O)NCCc4c[nH]c5ccccc45)cnc3c2cc1OC. The summed E-state index contributed by atoms with van der Waals surface area (Å²) in [7, 11) is 3.10. The molecule has 9 heteroatoms. The quantitative estimate of drug-likeness (QED) is 0.356. The summed E-state index contributed by atoms with van der Waals surface area (Å²) in [5.41, 5.74) is 3.43. The molecule has 0 unspecified atom stereocenters. The number of para-hydroxylation sites is 1. The van der Waals surface area contributed by atoms with Crippen LogP contribution in [0.25, 0.3) is 32.8 Å². The fraction of sp³-hybridized carbons (Fsp3) is 0.208. The van der Waals surface area contributed by atoms with Crippen LogP contribution >= 0.6 is 0 Å². The van der Waals surface area contributed by atoms with Crippen molar-refractivity contribution in [2.45, 2.75) is 13.0 Å². The Bertz CT molecular complexity index is 1550. The van der Waals surface area contributed by atoms with E-state index in [1.165, 1.54) is 10.9 Å². The van der Waals surface area contributed by atoms with Crippen LogP contribution in [0.1, 0.15) is 5.56 Å². The fourth-order valence-corrected chi connectivity index (χ4v) is 4.12. The van der Waals surface area contributed by atoms with Gasteiger partial charge < -0.3 is 24.8 Å². The second kappa shape index (κ2) is 8.34. The van der Waals surface area contributed by atoms with Crippen molar-refractivity contribution < 1.29 is 14.3 Å². The van der Waals surface area contributed by atoms with Crippen molar-refractivity contribution in [3.05, 3.63) is 64.8 Å². The molecule has 0 aliphatic carbocycles. The number of aromatic nitrogens is 4. The Hall–Kier alpha value is -4.27. The van der Waals surface area contributed by atoms with Crippen LogP contribution < -0.4 is 20.3 Å². The minimum absolute atomic E-state index is 0.113. The van der Waals surface area contributed by atoms with Gasteiger partial charge in [-0.05, 0) is 24.1 Å². The molecule has 3 heterocycles. The first-order valence-corrected chi connectivity index (χ1v) is 10.5. The summed E-state index contributed by atoms with van der Waals surface area (Å²) in [6.07, 6.45) is 4.04. The third-order valence-corrected chi connectivity index (χ3v) is 5.78. The molecule has 5 rings (SSSR count). The number of carbonyl (C=O) groups is 1. The summed E-state index contributed by atoms with van der Waals surface area (Å²) in [6.45, 7) is 0.356. The number of ether oxygens (including phenoxy) is 2. The van der Waals surface area contributed by atoms with Gasteiger partial charge in [0.05, 0.1) is 26.1 Å². The lowest BCUT2D eigenvalue weighted by atomic mass is 10.1. The van der Waals surface area contributed by atoms with Gasteiger partial charge in [0.2, 0.25) is 5.91 Å². The van der Waals surface area contributed by atoms with Crippen molar-refractivity contribution in [1.29, 1.82) is 0 Å². The number of fused-ring (bicyclic) bond motifs is 4. The fourth-order valence-electron chi connectivity index (χ4n) is 4.12. The molecule has 33 heavy (non-hydrogen) atoms. The van der Waals surface area contributed by atoms with Gasteiger partial charge in [0.25, 0.3) is 5.56 Å². The van der Waals surface area contributed by atoms with Crippen LogP contribution in [0.3, 0.4) is 0 Å². The average molecular weight is 445 g/mol. The standard InChI is InChI=1S/C24H23N5O4/c1-32-19-9-16-18(10-20(19)33-2)28-23-22(16)27-13-29(24(23)31)12-21(30)25-8-7-14-11-26-17-6-4-3-5-15(14)17/h3-6,9-11,13,26,28H,7-8,12H2,1-2H3,(H,25,30). The molecule has 3 aromatic heterocycles. The molecule has 0 bridgehead atoms. The minimum atomic E-state index is -0.319. The summed E-state index contributed by atoms with van der Waals surface area (Å²) >= 11 is 0. The van der Waals surface area contributed by atoms with Crippen molar-refractivity contribution in [1.82, 2.24) is 24.8 Å². The third-order valence-electron chi connectivity index (χ3n) is 5.78. The van der Waals surface area contributed by atoms with E-state index in [0.29, 0.717) is 41.0 Å². The van der Waals surface area contributed by atoms with Gasteiger partial charge >= 0.3 is 0 Å². The number of aromatic amines is 2. The van der Waals surface area contributed by atoms with Crippen LogP contribution in [-0.2, 0) is 17.8 Å². The lowest BCUT2D eigenvalue weighted by molar-refractivity contribution is -0.121. The highest BCUT2D eigenvalue weighted by molar-refractivity contribution is 6.05. The lowest BCUT2D eigenvalue weighted by Gasteiger charge is -2.07. The van der Waals surface area contributed by atoms with Crippen LogP contribution in [0.5, 0.6) is 11.5 Å². The van der Waals surface area contributed by atoms with Gasteiger partial charge in [0, 0.05) is 35.1 Å². The molecule has 2 aromatic carbocycles. The van der Waals surface area contributed by atoms with E-state index in [4.69, 9.17) is 9.47 Å². The highest BCUT2D eigenvalue weighted by Gasteiger charge is 2.16. The van der Waals surface area contributed by atoms with Gasteiger partial charge in [-0.2, -0.15) is 0 Å². The molecule has 1 amide bonds. The monoisotopic (exact) mass is 445 g/mol.